The van der Waals surface area contributed by atoms with Crippen LogP contribution in [0.4, 0.5) is 9.18 Å². The number of fused-ring (bicyclic) bond motifs is 1. The van der Waals surface area contributed by atoms with Crippen LogP contribution in [0, 0.1) is 17.7 Å². The Morgan fingerprint density at radius 2 is 1.83 bits per heavy atom. The first-order valence-electron chi connectivity index (χ1n) is 12.6. The second kappa shape index (κ2) is 10.8. The Balaban J connectivity index is 1.37. The standard InChI is InChI=1S/C27H33FN4O4/c1-29-27(34)36-24-4-2-3-18-7-10-21(31-11-13-32(14-12-31)22-16-35-17-22)15-23(18)25(24)30-26(33)19-5-8-20(28)9-6-19/h2,4-10,15,18,22-25H,3,11-14,16-17H2,1H3,(H,29,34)(H,30,33)/t18?,23?,24-,25-/m0/s1. The van der Waals surface area contributed by atoms with Crippen LogP contribution in [0.15, 0.2) is 60.3 Å². The maximum absolute atomic E-state index is 13.4. The lowest BCUT2D eigenvalue weighted by Crippen LogP contribution is -2.56. The van der Waals surface area contributed by atoms with Crippen molar-refractivity contribution in [3.63, 3.8) is 0 Å². The number of ether oxygens (including phenoxy) is 2. The summed E-state index contributed by atoms with van der Waals surface area (Å²) in [7, 11) is 1.51. The molecule has 36 heavy (non-hydrogen) atoms. The minimum absolute atomic E-state index is 0.0860. The Morgan fingerprint density at radius 1 is 1.08 bits per heavy atom. The lowest BCUT2D eigenvalue weighted by atomic mass is 9.79. The highest BCUT2D eigenvalue weighted by atomic mass is 19.1. The number of piperazine rings is 1. The molecule has 0 radical (unpaired) electrons. The van der Waals surface area contributed by atoms with Crippen molar-refractivity contribution >= 4 is 12.0 Å². The number of alkyl carbamates (subject to hydrolysis) is 1. The molecule has 2 heterocycles. The number of nitrogens with zero attached hydrogens (tertiary/aromatic N) is 2. The zero-order chi connectivity index (χ0) is 25.1. The molecule has 4 aliphatic rings. The summed E-state index contributed by atoms with van der Waals surface area (Å²) in [4.78, 5) is 30.2. The second-order valence-electron chi connectivity index (χ2n) is 9.70. The molecule has 2 unspecified atom stereocenters. The minimum Gasteiger partial charge on any atom is -0.440 e. The van der Waals surface area contributed by atoms with Gasteiger partial charge >= 0.3 is 6.09 Å². The fourth-order valence-electron chi connectivity index (χ4n) is 5.34. The summed E-state index contributed by atoms with van der Waals surface area (Å²) in [6.45, 7) is 5.47. The van der Waals surface area contributed by atoms with Gasteiger partial charge in [-0.25, -0.2) is 9.18 Å². The van der Waals surface area contributed by atoms with Crippen molar-refractivity contribution in [3.8, 4) is 0 Å². The number of allylic oxidation sites excluding steroid dienone is 3. The van der Waals surface area contributed by atoms with Gasteiger partial charge in [0.25, 0.3) is 5.91 Å². The van der Waals surface area contributed by atoms with Crippen LogP contribution >= 0.6 is 0 Å². The van der Waals surface area contributed by atoms with Crippen LogP contribution < -0.4 is 10.6 Å². The maximum Gasteiger partial charge on any atom is 0.407 e. The van der Waals surface area contributed by atoms with Crippen molar-refractivity contribution in [1.29, 1.82) is 0 Å². The van der Waals surface area contributed by atoms with Gasteiger partial charge in [0.15, 0.2) is 0 Å². The second-order valence-corrected chi connectivity index (χ2v) is 9.70. The predicted octanol–water partition coefficient (Wildman–Crippen LogP) is 2.31. The van der Waals surface area contributed by atoms with E-state index in [1.807, 2.05) is 12.2 Å². The number of hydrogen-bond donors (Lipinski definition) is 2. The molecule has 0 bridgehead atoms. The fourth-order valence-corrected chi connectivity index (χ4v) is 5.34. The summed E-state index contributed by atoms with van der Waals surface area (Å²) in [5.41, 5.74) is 1.48. The molecule has 2 saturated heterocycles. The summed E-state index contributed by atoms with van der Waals surface area (Å²) in [5.74, 6) is -0.674. The topological polar surface area (TPSA) is 83.1 Å². The predicted molar refractivity (Wildman–Crippen MR) is 133 cm³/mol. The van der Waals surface area contributed by atoms with Gasteiger partial charge in [-0.05, 0) is 48.8 Å². The smallest absolute Gasteiger partial charge is 0.407 e. The monoisotopic (exact) mass is 496 g/mol. The maximum atomic E-state index is 13.4. The van der Waals surface area contributed by atoms with Crippen LogP contribution in [0.5, 0.6) is 0 Å². The van der Waals surface area contributed by atoms with E-state index in [0.29, 0.717) is 11.6 Å². The van der Waals surface area contributed by atoms with Crippen molar-refractivity contribution < 1.29 is 23.5 Å². The van der Waals surface area contributed by atoms with Crippen LogP contribution in [0.3, 0.4) is 0 Å². The normalized spacial score (nSPS) is 28.4. The van der Waals surface area contributed by atoms with Crippen LogP contribution in [0.25, 0.3) is 0 Å². The first-order valence-corrected chi connectivity index (χ1v) is 12.6. The van der Waals surface area contributed by atoms with Gasteiger partial charge < -0.3 is 25.0 Å². The molecule has 2 N–H and O–H groups in total. The van der Waals surface area contributed by atoms with E-state index < -0.39 is 24.1 Å². The molecule has 2 aliphatic heterocycles. The lowest BCUT2D eigenvalue weighted by Gasteiger charge is -2.44. The van der Waals surface area contributed by atoms with Gasteiger partial charge in [0.2, 0.25) is 0 Å². The number of halogens is 1. The average molecular weight is 497 g/mol. The van der Waals surface area contributed by atoms with E-state index in [1.54, 1.807) is 0 Å². The van der Waals surface area contributed by atoms with Gasteiger partial charge in [-0.1, -0.05) is 18.2 Å². The third-order valence-corrected chi connectivity index (χ3v) is 7.54. The van der Waals surface area contributed by atoms with Crippen LogP contribution in [0.1, 0.15) is 16.8 Å². The molecule has 4 atom stereocenters. The highest BCUT2D eigenvalue weighted by Crippen LogP contribution is 2.35. The zero-order valence-electron chi connectivity index (χ0n) is 20.4. The highest BCUT2D eigenvalue weighted by molar-refractivity contribution is 5.94. The summed E-state index contributed by atoms with van der Waals surface area (Å²) in [5, 5.41) is 5.60. The van der Waals surface area contributed by atoms with Gasteiger partial charge in [-0.15, -0.1) is 0 Å². The molecule has 1 aromatic rings. The molecule has 8 nitrogen and oxygen atoms in total. The number of nitrogens with one attached hydrogen (secondary N) is 2. The molecule has 5 rings (SSSR count). The van der Waals surface area contributed by atoms with E-state index in [2.05, 4.69) is 38.7 Å². The Kier molecular flexibility index (Phi) is 7.38. The minimum atomic E-state index is -0.649. The number of carbonyl (C=O) groups excluding carboxylic acids is 2. The van der Waals surface area contributed by atoms with Gasteiger partial charge in [0.1, 0.15) is 11.9 Å². The first kappa shape index (κ1) is 24.5. The Morgan fingerprint density at radius 3 is 2.50 bits per heavy atom. The van der Waals surface area contributed by atoms with E-state index >= 15 is 0 Å². The summed E-state index contributed by atoms with van der Waals surface area (Å²) >= 11 is 0. The van der Waals surface area contributed by atoms with E-state index in [4.69, 9.17) is 9.47 Å². The van der Waals surface area contributed by atoms with Crippen molar-refractivity contribution in [2.24, 2.45) is 11.8 Å². The van der Waals surface area contributed by atoms with Crippen molar-refractivity contribution in [2.45, 2.75) is 24.6 Å². The zero-order valence-corrected chi connectivity index (χ0v) is 20.4. The fraction of sp³-hybridized carbons (Fsp3) is 0.481. The Labute approximate surface area is 210 Å². The van der Waals surface area contributed by atoms with Crippen molar-refractivity contribution in [1.82, 2.24) is 20.4 Å². The quantitative estimate of drug-likeness (QED) is 0.609. The van der Waals surface area contributed by atoms with Crippen LogP contribution in [0.2, 0.25) is 0 Å². The van der Waals surface area contributed by atoms with Gasteiger partial charge in [0.05, 0.1) is 25.3 Å². The van der Waals surface area contributed by atoms with Gasteiger partial charge in [-0.2, -0.15) is 0 Å². The lowest BCUT2D eigenvalue weighted by molar-refractivity contribution is -0.0745. The molecular weight excluding hydrogens is 463 g/mol. The van der Waals surface area contributed by atoms with E-state index in [9.17, 15) is 14.0 Å². The van der Waals surface area contributed by atoms with Crippen LogP contribution in [-0.4, -0.2) is 86.4 Å². The van der Waals surface area contributed by atoms with Gasteiger partial charge in [0, 0.05) is 50.4 Å². The molecule has 0 aromatic heterocycles. The summed E-state index contributed by atoms with van der Waals surface area (Å²) in [6.07, 6.45) is 10.0. The van der Waals surface area contributed by atoms with Crippen molar-refractivity contribution in [2.75, 3.05) is 46.4 Å². The molecule has 2 aliphatic carbocycles. The third-order valence-electron chi connectivity index (χ3n) is 7.54. The van der Waals surface area contributed by atoms with Crippen LogP contribution in [-0.2, 0) is 9.47 Å². The van der Waals surface area contributed by atoms with Gasteiger partial charge in [-0.3, -0.25) is 9.69 Å². The number of hydrogen-bond acceptors (Lipinski definition) is 6. The SMILES string of the molecule is CNC(=O)O[C@H]1C=CCC2C=CC(N3CCN(C4COC4)CC3)=CC2[C@@H]1NC(=O)c1ccc(F)cc1. The number of amides is 2. The molecule has 1 aromatic carbocycles. The molecule has 192 valence electrons. The highest BCUT2D eigenvalue weighted by Gasteiger charge is 2.39. The largest absolute Gasteiger partial charge is 0.440 e. The molecule has 2 fully saturated rings. The third kappa shape index (κ3) is 5.32. The molecule has 0 spiro atoms. The van der Waals surface area contributed by atoms with Crippen molar-refractivity contribution in [3.05, 3.63) is 71.7 Å². The van der Waals surface area contributed by atoms with E-state index in [0.717, 1.165) is 51.5 Å². The average Bonchev–Trinajstić information content (AvgIpc) is 3.02. The number of carbonyl (C=O) groups is 2. The van der Waals surface area contributed by atoms with E-state index in [1.165, 1.54) is 31.3 Å². The molecule has 9 heteroatoms. The number of benzene rings is 1. The van der Waals surface area contributed by atoms with E-state index in [-0.39, 0.29) is 17.7 Å². The molecule has 0 saturated carbocycles. The summed E-state index contributed by atoms with van der Waals surface area (Å²) < 4.78 is 24.4. The first-order chi connectivity index (χ1) is 17.5. The molecule has 2 amide bonds. The molecular formula is C27H33FN4O4. The Bertz CT molecular complexity index is 1040. The summed E-state index contributed by atoms with van der Waals surface area (Å²) in [6, 6.07) is 5.49. The number of rotatable bonds is 5. The Hall–Kier alpha value is -3.17.